The van der Waals surface area contributed by atoms with E-state index in [0.717, 1.165) is 35.3 Å². The Labute approximate surface area is 220 Å². The molecule has 1 atom stereocenters. The second-order valence-electron chi connectivity index (χ2n) is 11.0. The second kappa shape index (κ2) is 12.3. The maximum atomic E-state index is 13.0. The first-order valence-electron chi connectivity index (χ1n) is 14.0. The van der Waals surface area contributed by atoms with E-state index in [1.165, 1.54) is 94.2 Å². The van der Waals surface area contributed by atoms with Crippen LogP contribution in [-0.2, 0) is 17.8 Å². The van der Waals surface area contributed by atoms with E-state index in [4.69, 9.17) is 0 Å². The SMILES string of the molecule is C=C1CC(C(=O)Nc2nnc(CCC3CCCCCC3)s2)CN1c1ccc(CN2CCCCC2)cc1. The number of carbonyl (C=O) groups excluding carboxylic acids is 1. The normalized spacial score (nSPS) is 22.1. The fourth-order valence-electron chi connectivity index (χ4n) is 6.02. The molecule has 2 saturated heterocycles. The minimum Gasteiger partial charge on any atom is -0.345 e. The number of aryl methyl sites for hydroxylation is 1. The van der Waals surface area contributed by atoms with E-state index in [2.05, 4.69) is 56.2 Å². The Morgan fingerprint density at radius 3 is 2.47 bits per heavy atom. The van der Waals surface area contributed by atoms with Gasteiger partial charge in [0, 0.05) is 37.3 Å². The number of nitrogens with one attached hydrogen (secondary N) is 1. The highest BCUT2D eigenvalue weighted by Crippen LogP contribution is 2.33. The third kappa shape index (κ3) is 6.74. The van der Waals surface area contributed by atoms with E-state index < -0.39 is 0 Å². The highest BCUT2D eigenvalue weighted by molar-refractivity contribution is 7.15. The molecule has 1 aromatic heterocycles. The van der Waals surface area contributed by atoms with Crippen molar-refractivity contribution in [2.45, 2.75) is 83.6 Å². The molecule has 5 rings (SSSR count). The molecule has 3 heterocycles. The zero-order valence-corrected chi connectivity index (χ0v) is 22.4. The number of amides is 1. The molecule has 6 nitrogen and oxygen atoms in total. The van der Waals surface area contributed by atoms with Crippen LogP contribution in [0.4, 0.5) is 10.8 Å². The van der Waals surface area contributed by atoms with Crippen LogP contribution in [0.25, 0.3) is 0 Å². The number of aromatic nitrogens is 2. The summed E-state index contributed by atoms with van der Waals surface area (Å²) >= 11 is 1.53. The largest absolute Gasteiger partial charge is 0.345 e. The highest BCUT2D eigenvalue weighted by Gasteiger charge is 2.32. The molecule has 2 aromatic rings. The summed E-state index contributed by atoms with van der Waals surface area (Å²) < 4.78 is 0. The highest BCUT2D eigenvalue weighted by atomic mass is 32.1. The fraction of sp³-hybridized carbons (Fsp3) is 0.621. The molecule has 3 fully saturated rings. The average molecular weight is 508 g/mol. The summed E-state index contributed by atoms with van der Waals surface area (Å²) in [6.45, 7) is 8.35. The molecule has 0 spiro atoms. The van der Waals surface area contributed by atoms with E-state index in [0.29, 0.717) is 18.1 Å². The third-order valence-electron chi connectivity index (χ3n) is 8.18. The standard InChI is InChI=1S/C29H41N5OS/c1-22-19-25(21-34(22)26-14-11-24(12-15-26)20-33-17-7-4-8-18-33)28(35)30-29-32-31-27(36-29)16-13-23-9-5-2-3-6-10-23/h11-12,14-15,23,25H,1-10,13,16-21H2,(H,30,32,35). The summed E-state index contributed by atoms with van der Waals surface area (Å²) in [6.07, 6.45) is 15.1. The van der Waals surface area contributed by atoms with Gasteiger partial charge in [-0.25, -0.2) is 0 Å². The van der Waals surface area contributed by atoms with Gasteiger partial charge in [-0.2, -0.15) is 0 Å². The number of hydrogen-bond acceptors (Lipinski definition) is 6. The first-order valence-corrected chi connectivity index (χ1v) is 14.9. The summed E-state index contributed by atoms with van der Waals surface area (Å²) in [4.78, 5) is 17.8. The maximum Gasteiger partial charge on any atom is 0.231 e. The van der Waals surface area contributed by atoms with Crippen LogP contribution in [0.1, 0.15) is 81.2 Å². The summed E-state index contributed by atoms with van der Waals surface area (Å²) in [5, 5.41) is 13.3. The second-order valence-corrected chi connectivity index (χ2v) is 12.0. The number of likely N-dealkylation sites (tertiary alicyclic amines) is 1. The third-order valence-corrected chi connectivity index (χ3v) is 9.08. The van der Waals surface area contributed by atoms with Crippen LogP contribution in [0.2, 0.25) is 0 Å². The monoisotopic (exact) mass is 507 g/mol. The van der Waals surface area contributed by atoms with Crippen LogP contribution in [0.15, 0.2) is 36.5 Å². The number of anilines is 2. The van der Waals surface area contributed by atoms with E-state index >= 15 is 0 Å². The van der Waals surface area contributed by atoms with Crippen molar-refractivity contribution in [2.24, 2.45) is 11.8 Å². The minimum absolute atomic E-state index is 0.0202. The van der Waals surface area contributed by atoms with Gasteiger partial charge in [0.1, 0.15) is 5.01 Å². The molecule has 1 amide bonds. The number of carbonyl (C=O) groups is 1. The van der Waals surface area contributed by atoms with Crippen molar-refractivity contribution in [3.8, 4) is 0 Å². The van der Waals surface area contributed by atoms with E-state index in [1.54, 1.807) is 0 Å². The zero-order chi connectivity index (χ0) is 24.7. The number of nitrogens with zero attached hydrogens (tertiary/aromatic N) is 4. The molecular weight excluding hydrogens is 466 g/mol. The van der Waals surface area contributed by atoms with Gasteiger partial charge in [0.15, 0.2) is 0 Å². The Balaban J connectivity index is 1.10. The van der Waals surface area contributed by atoms with Gasteiger partial charge in [-0.3, -0.25) is 9.69 Å². The van der Waals surface area contributed by atoms with Crippen molar-refractivity contribution in [1.82, 2.24) is 15.1 Å². The molecular formula is C29H41N5OS. The summed E-state index contributed by atoms with van der Waals surface area (Å²) in [5.74, 6) is 0.722. The van der Waals surface area contributed by atoms with Crippen molar-refractivity contribution >= 4 is 28.1 Å². The molecule has 36 heavy (non-hydrogen) atoms. The fourth-order valence-corrected chi connectivity index (χ4v) is 6.78. The number of allylic oxidation sites excluding steroid dienone is 1. The lowest BCUT2D eigenvalue weighted by atomic mass is 9.95. The van der Waals surface area contributed by atoms with E-state index in [9.17, 15) is 4.79 Å². The van der Waals surface area contributed by atoms with Crippen molar-refractivity contribution < 1.29 is 4.79 Å². The Hall–Kier alpha value is -2.25. The van der Waals surface area contributed by atoms with Gasteiger partial charge in [0.05, 0.1) is 5.92 Å². The lowest BCUT2D eigenvalue weighted by molar-refractivity contribution is -0.119. The van der Waals surface area contributed by atoms with Gasteiger partial charge in [-0.15, -0.1) is 10.2 Å². The molecule has 194 valence electrons. The Bertz CT molecular complexity index is 1000. The first-order chi connectivity index (χ1) is 17.6. The summed E-state index contributed by atoms with van der Waals surface area (Å²) in [5.41, 5.74) is 3.47. The lowest BCUT2D eigenvalue weighted by Gasteiger charge is -2.26. The summed E-state index contributed by atoms with van der Waals surface area (Å²) in [7, 11) is 0. The average Bonchev–Trinajstić information content (AvgIpc) is 3.41. The Morgan fingerprint density at radius 1 is 1.00 bits per heavy atom. The Morgan fingerprint density at radius 2 is 1.72 bits per heavy atom. The molecule has 1 N–H and O–H groups in total. The lowest BCUT2D eigenvalue weighted by Crippen LogP contribution is -2.29. The van der Waals surface area contributed by atoms with Gasteiger partial charge in [0.2, 0.25) is 11.0 Å². The van der Waals surface area contributed by atoms with Crippen molar-refractivity contribution in [1.29, 1.82) is 0 Å². The van der Waals surface area contributed by atoms with Crippen molar-refractivity contribution in [2.75, 3.05) is 29.9 Å². The van der Waals surface area contributed by atoms with Crippen LogP contribution < -0.4 is 10.2 Å². The van der Waals surface area contributed by atoms with Crippen molar-refractivity contribution in [3.05, 3.63) is 47.1 Å². The van der Waals surface area contributed by atoms with Gasteiger partial charge in [-0.05, 0) is 56.0 Å². The molecule has 0 bridgehead atoms. The minimum atomic E-state index is -0.121. The van der Waals surface area contributed by atoms with Gasteiger partial charge >= 0.3 is 0 Å². The molecule has 1 aliphatic carbocycles. The van der Waals surface area contributed by atoms with E-state index in [1.807, 2.05) is 0 Å². The number of piperidine rings is 1. The van der Waals surface area contributed by atoms with Gasteiger partial charge < -0.3 is 10.2 Å². The smallest absolute Gasteiger partial charge is 0.231 e. The topological polar surface area (TPSA) is 61.4 Å². The number of rotatable bonds is 8. The molecule has 0 radical (unpaired) electrons. The zero-order valence-electron chi connectivity index (χ0n) is 21.6. The van der Waals surface area contributed by atoms with Gasteiger partial charge in [-0.1, -0.05) is 75.0 Å². The maximum absolute atomic E-state index is 13.0. The summed E-state index contributed by atoms with van der Waals surface area (Å²) in [6, 6.07) is 8.80. The quantitative estimate of drug-likeness (QED) is 0.419. The predicted molar refractivity (Wildman–Crippen MR) is 148 cm³/mol. The molecule has 1 saturated carbocycles. The van der Waals surface area contributed by atoms with Gasteiger partial charge in [0.25, 0.3) is 0 Å². The van der Waals surface area contributed by atoms with Crippen LogP contribution >= 0.6 is 11.3 Å². The van der Waals surface area contributed by atoms with E-state index in [-0.39, 0.29) is 11.8 Å². The molecule has 3 aliphatic rings. The number of hydrogen-bond donors (Lipinski definition) is 1. The van der Waals surface area contributed by atoms with Crippen LogP contribution in [0.5, 0.6) is 0 Å². The molecule has 2 aliphatic heterocycles. The Kier molecular flexibility index (Phi) is 8.70. The number of benzene rings is 1. The van der Waals surface area contributed by atoms with Crippen LogP contribution in [-0.4, -0.2) is 40.6 Å². The molecule has 7 heteroatoms. The molecule has 1 unspecified atom stereocenters. The molecule has 1 aromatic carbocycles. The van der Waals surface area contributed by atoms with Crippen molar-refractivity contribution in [3.63, 3.8) is 0 Å². The predicted octanol–water partition coefficient (Wildman–Crippen LogP) is 6.41. The van der Waals surface area contributed by atoms with Crippen LogP contribution in [0.3, 0.4) is 0 Å². The first kappa shape index (κ1) is 25.4. The van der Waals surface area contributed by atoms with Crippen LogP contribution in [0, 0.1) is 11.8 Å².